The van der Waals surface area contributed by atoms with Crippen molar-refractivity contribution >= 4 is 11.6 Å². The Hall–Kier alpha value is -4.74. The minimum atomic E-state index is -0.247. The molecule has 18 heteroatoms. The fourth-order valence-corrected chi connectivity index (χ4v) is 7.59. The highest BCUT2D eigenvalue weighted by molar-refractivity contribution is 5.67. The topological polar surface area (TPSA) is 187 Å². The van der Waals surface area contributed by atoms with Crippen LogP contribution in [0.15, 0.2) is 49.4 Å². The van der Waals surface area contributed by atoms with E-state index in [1.807, 2.05) is 29.9 Å². The van der Waals surface area contributed by atoms with Gasteiger partial charge in [0.15, 0.2) is 0 Å². The molecule has 0 radical (unpaired) electrons. The number of nitrogens with zero attached hydrogens (tertiary/aromatic N) is 9. The molecule has 1 aliphatic carbocycles. The van der Waals surface area contributed by atoms with Crippen LogP contribution in [0.4, 0.5) is 11.6 Å². The molecule has 3 aromatic heterocycles. The normalized spacial score (nSPS) is 20.0. The third-order valence-corrected chi connectivity index (χ3v) is 10.5. The molecule has 4 aromatic rings. The van der Waals surface area contributed by atoms with Crippen molar-refractivity contribution in [3.05, 3.63) is 55.0 Å². The first-order chi connectivity index (χ1) is 29.9. The van der Waals surface area contributed by atoms with Gasteiger partial charge in [-0.3, -0.25) is 9.58 Å². The molecule has 1 N–H and O–H groups in total. The minimum Gasteiger partial charge on any atom is -0.487 e. The molecule has 4 heterocycles. The molecule has 1 aliphatic heterocycles. The summed E-state index contributed by atoms with van der Waals surface area (Å²) in [6, 6.07) is 8.47. The van der Waals surface area contributed by atoms with Gasteiger partial charge >= 0.3 is 0 Å². The zero-order valence-electron chi connectivity index (χ0n) is 36.0. The molecule has 2 fully saturated rings. The molecular formula is C43H62N10O8. The second kappa shape index (κ2) is 24.6. The highest BCUT2D eigenvalue weighted by atomic mass is 16.6. The highest BCUT2D eigenvalue weighted by Gasteiger charge is 2.32. The lowest BCUT2D eigenvalue weighted by molar-refractivity contribution is -0.0852. The maximum absolute atomic E-state index is 9.75. The van der Waals surface area contributed by atoms with Gasteiger partial charge in [0.1, 0.15) is 36.3 Å². The Morgan fingerprint density at radius 3 is 2.15 bits per heavy atom. The molecule has 18 nitrogen and oxygen atoms in total. The molecule has 0 unspecified atom stereocenters. The number of anilines is 2. The molecule has 6 rings (SSSR count). The van der Waals surface area contributed by atoms with Crippen LogP contribution < -0.4 is 14.8 Å². The van der Waals surface area contributed by atoms with Crippen LogP contribution in [0.3, 0.4) is 0 Å². The largest absolute Gasteiger partial charge is 0.487 e. The average Bonchev–Trinajstić information content (AvgIpc) is 3.93. The van der Waals surface area contributed by atoms with Crippen LogP contribution in [-0.4, -0.2) is 150 Å². The number of nitrogens with one attached hydrogen (secondary N) is 1. The number of nitriles is 1. The molecule has 2 aliphatic rings. The van der Waals surface area contributed by atoms with Gasteiger partial charge < -0.3 is 43.2 Å². The Morgan fingerprint density at radius 1 is 0.852 bits per heavy atom. The number of methoxy groups -OCH3 is 1. The Labute approximate surface area is 358 Å². The van der Waals surface area contributed by atoms with Gasteiger partial charge in [-0.1, -0.05) is 6.07 Å². The molecule has 1 aromatic carbocycles. The summed E-state index contributed by atoms with van der Waals surface area (Å²) >= 11 is 0. The van der Waals surface area contributed by atoms with E-state index in [1.165, 1.54) is 6.33 Å². The van der Waals surface area contributed by atoms with Crippen LogP contribution in [-0.2, 0) is 35.0 Å². The lowest BCUT2D eigenvalue weighted by Gasteiger charge is -2.42. The molecule has 0 amide bonds. The summed E-state index contributed by atoms with van der Waals surface area (Å²) < 4.78 is 49.4. The Kier molecular flexibility index (Phi) is 18.5. The van der Waals surface area contributed by atoms with E-state index in [9.17, 15) is 5.26 Å². The van der Waals surface area contributed by atoms with Crippen molar-refractivity contribution in [3.63, 3.8) is 0 Å². The van der Waals surface area contributed by atoms with Gasteiger partial charge in [0.2, 0.25) is 5.95 Å². The molecule has 3 atom stereocenters. The van der Waals surface area contributed by atoms with Crippen molar-refractivity contribution in [1.29, 1.82) is 5.26 Å². The lowest BCUT2D eigenvalue weighted by atomic mass is 9.89. The van der Waals surface area contributed by atoms with E-state index in [4.69, 9.17) is 43.0 Å². The van der Waals surface area contributed by atoms with E-state index in [-0.39, 0.29) is 24.4 Å². The fraction of sp³-hybridized carbons (Fsp3) is 0.628. The second-order valence-electron chi connectivity index (χ2n) is 15.4. The van der Waals surface area contributed by atoms with Gasteiger partial charge in [-0.25, -0.2) is 19.6 Å². The minimum absolute atomic E-state index is 0.247. The van der Waals surface area contributed by atoms with Crippen molar-refractivity contribution in [3.8, 4) is 28.8 Å². The molecule has 0 spiro atoms. The standard InChI is InChI=1S/C43H62N10O8/c1-32-26-51(27-33(2)60-32)38-8-10-39(11-9-38)53-29-40(42(50-53)59-13-5-12-55-16-17-57-20-21-58-19-18-56-15-14-54-4)49-43-46-24-37(25-47-43)35-6-7-36(23-44)41(22-35)61-34(3)28-52-31-45-30-48-52/h6-7,22,24-25,29-34,38-39H,5,8-21,26-28H2,1-4H3,(H,46,47,49)/t32-,33+,34-,38?,39?/m0/s1. The predicted octanol–water partition coefficient (Wildman–Crippen LogP) is 5.09. The van der Waals surface area contributed by atoms with Gasteiger partial charge in [-0.2, -0.15) is 10.4 Å². The first kappa shape index (κ1) is 45.8. The zero-order valence-corrected chi connectivity index (χ0v) is 36.0. The Morgan fingerprint density at radius 2 is 1.51 bits per heavy atom. The van der Waals surface area contributed by atoms with Crippen molar-refractivity contribution in [2.75, 3.05) is 91.6 Å². The average molecular weight is 847 g/mol. The van der Waals surface area contributed by atoms with E-state index in [2.05, 4.69) is 50.2 Å². The fourth-order valence-electron chi connectivity index (χ4n) is 7.59. The van der Waals surface area contributed by atoms with E-state index in [0.717, 1.165) is 49.9 Å². The van der Waals surface area contributed by atoms with E-state index in [1.54, 1.807) is 36.6 Å². The SMILES string of the molecule is COCCOCCOCCOCCOCCCOc1nn(C2CCC(N3C[C@@H](C)O[C@@H](C)C3)CC2)cc1Nc1ncc(-c2ccc(C#N)c(O[C@@H](C)Cn3cncn3)c2)cn1. The monoisotopic (exact) mass is 846 g/mol. The van der Waals surface area contributed by atoms with Crippen LogP contribution in [0.5, 0.6) is 11.6 Å². The highest BCUT2D eigenvalue weighted by Crippen LogP contribution is 2.35. The molecular weight excluding hydrogens is 785 g/mol. The second-order valence-corrected chi connectivity index (χ2v) is 15.4. The molecule has 0 bridgehead atoms. The van der Waals surface area contributed by atoms with Crippen molar-refractivity contribution in [2.24, 2.45) is 0 Å². The van der Waals surface area contributed by atoms with Gasteiger partial charge in [0.25, 0.3) is 5.88 Å². The van der Waals surface area contributed by atoms with E-state index < -0.39 is 0 Å². The number of morpholine rings is 1. The smallest absolute Gasteiger partial charge is 0.256 e. The van der Waals surface area contributed by atoms with Crippen LogP contribution in [0, 0.1) is 11.3 Å². The quantitative estimate of drug-likeness (QED) is 0.0823. The van der Waals surface area contributed by atoms with Crippen molar-refractivity contribution < 1.29 is 37.9 Å². The first-order valence-electron chi connectivity index (χ1n) is 21.4. The maximum atomic E-state index is 9.75. The third-order valence-electron chi connectivity index (χ3n) is 10.5. The number of hydrogen-bond acceptors (Lipinski definition) is 16. The van der Waals surface area contributed by atoms with E-state index >= 15 is 0 Å². The van der Waals surface area contributed by atoms with Crippen molar-refractivity contribution in [2.45, 2.75) is 89.8 Å². The summed E-state index contributed by atoms with van der Waals surface area (Å²) in [6.45, 7) is 13.8. The Balaban J connectivity index is 1.02. The third kappa shape index (κ3) is 14.7. The summed E-state index contributed by atoms with van der Waals surface area (Å²) in [4.78, 5) is 15.9. The van der Waals surface area contributed by atoms with Gasteiger partial charge in [0.05, 0.1) is 96.0 Å². The van der Waals surface area contributed by atoms with Crippen molar-refractivity contribution in [1.82, 2.24) is 39.4 Å². The Bertz CT molecular complexity index is 1870. The lowest BCUT2D eigenvalue weighted by Crippen LogP contribution is -2.51. The van der Waals surface area contributed by atoms with E-state index in [0.29, 0.717) is 114 Å². The summed E-state index contributed by atoms with van der Waals surface area (Å²) in [5.41, 5.74) is 2.72. The maximum Gasteiger partial charge on any atom is 0.256 e. The van der Waals surface area contributed by atoms with Gasteiger partial charge in [0, 0.05) is 57.2 Å². The van der Waals surface area contributed by atoms with Gasteiger partial charge in [-0.15, -0.1) is 5.10 Å². The van der Waals surface area contributed by atoms with Crippen LogP contribution in [0.25, 0.3) is 11.1 Å². The van der Waals surface area contributed by atoms with Crippen LogP contribution in [0.1, 0.15) is 64.5 Å². The number of rotatable bonds is 26. The number of aromatic nitrogens is 7. The van der Waals surface area contributed by atoms with Crippen LogP contribution in [0.2, 0.25) is 0 Å². The molecule has 332 valence electrons. The van der Waals surface area contributed by atoms with Crippen LogP contribution >= 0.6 is 0 Å². The number of hydrogen-bond donors (Lipinski definition) is 1. The van der Waals surface area contributed by atoms with Gasteiger partial charge in [-0.05, 0) is 64.2 Å². The number of ether oxygens (including phenoxy) is 8. The zero-order chi connectivity index (χ0) is 42.7. The predicted molar refractivity (Wildman–Crippen MR) is 226 cm³/mol. The summed E-state index contributed by atoms with van der Waals surface area (Å²) in [5.74, 6) is 1.37. The molecule has 1 saturated heterocycles. The molecule has 61 heavy (non-hydrogen) atoms. The first-order valence-corrected chi connectivity index (χ1v) is 21.4. The number of benzene rings is 1. The summed E-state index contributed by atoms with van der Waals surface area (Å²) in [7, 11) is 1.65. The summed E-state index contributed by atoms with van der Waals surface area (Å²) in [5, 5.41) is 22.2. The summed E-state index contributed by atoms with van der Waals surface area (Å²) in [6.07, 6.45) is 13.8. The molecule has 1 saturated carbocycles.